The number of piperidine rings is 1. The minimum absolute atomic E-state index is 0.0259. The summed E-state index contributed by atoms with van der Waals surface area (Å²) in [4.78, 5) is 15.1. The predicted octanol–water partition coefficient (Wildman–Crippen LogP) is 3.97. The fourth-order valence-electron chi connectivity index (χ4n) is 3.77. The van der Waals surface area contributed by atoms with Crippen LogP contribution in [0.5, 0.6) is 0 Å². The molecule has 1 amide bonds. The van der Waals surface area contributed by atoms with Crippen molar-refractivity contribution < 1.29 is 4.79 Å². The number of alkyl halides is 1. The molecule has 1 aliphatic heterocycles. The third-order valence-electron chi connectivity index (χ3n) is 5.02. The van der Waals surface area contributed by atoms with Crippen molar-refractivity contribution >= 4 is 17.5 Å². The van der Waals surface area contributed by atoms with Gasteiger partial charge in [0.25, 0.3) is 0 Å². The van der Waals surface area contributed by atoms with E-state index in [0.29, 0.717) is 17.8 Å². The summed E-state index contributed by atoms with van der Waals surface area (Å²) >= 11 is 5.90. The number of likely N-dealkylation sites (tertiary alicyclic amines) is 1. The lowest BCUT2D eigenvalue weighted by Gasteiger charge is -2.41. The van der Waals surface area contributed by atoms with E-state index in [0.717, 1.165) is 38.6 Å². The van der Waals surface area contributed by atoms with Gasteiger partial charge < -0.3 is 4.90 Å². The molecular formula is C15H26ClNO. The highest BCUT2D eigenvalue weighted by atomic mass is 35.5. The van der Waals surface area contributed by atoms with E-state index < -0.39 is 0 Å². The van der Waals surface area contributed by atoms with Gasteiger partial charge in [-0.05, 0) is 44.9 Å². The van der Waals surface area contributed by atoms with Crippen LogP contribution in [0.3, 0.4) is 0 Å². The van der Waals surface area contributed by atoms with Crippen LogP contribution in [0.15, 0.2) is 0 Å². The van der Waals surface area contributed by atoms with Crippen molar-refractivity contribution in [2.45, 2.75) is 70.8 Å². The van der Waals surface area contributed by atoms with Crippen LogP contribution in [0.4, 0.5) is 0 Å². The van der Waals surface area contributed by atoms with Crippen molar-refractivity contribution in [1.29, 1.82) is 0 Å². The molecule has 1 aliphatic carbocycles. The summed E-state index contributed by atoms with van der Waals surface area (Å²) in [5.74, 6) is 1.12. The van der Waals surface area contributed by atoms with E-state index in [2.05, 4.69) is 11.8 Å². The van der Waals surface area contributed by atoms with Crippen LogP contribution in [0.2, 0.25) is 0 Å². The first-order chi connectivity index (χ1) is 8.73. The van der Waals surface area contributed by atoms with Gasteiger partial charge in [0.05, 0.1) is 0 Å². The fraction of sp³-hybridized carbons (Fsp3) is 0.933. The lowest BCUT2D eigenvalue weighted by molar-refractivity contribution is -0.146. The lowest BCUT2D eigenvalue weighted by Crippen LogP contribution is -2.50. The quantitative estimate of drug-likeness (QED) is 0.709. The zero-order valence-corrected chi connectivity index (χ0v) is 12.3. The zero-order valence-electron chi connectivity index (χ0n) is 11.6. The largest absolute Gasteiger partial charge is 0.339 e. The molecule has 0 radical (unpaired) electrons. The molecule has 0 aromatic heterocycles. The van der Waals surface area contributed by atoms with Crippen molar-refractivity contribution in [2.24, 2.45) is 5.41 Å². The Hall–Kier alpha value is -0.240. The van der Waals surface area contributed by atoms with Gasteiger partial charge in [-0.1, -0.05) is 19.8 Å². The maximum absolute atomic E-state index is 12.9. The second-order valence-electron chi connectivity index (χ2n) is 5.97. The van der Waals surface area contributed by atoms with Crippen LogP contribution in [0.1, 0.15) is 64.7 Å². The van der Waals surface area contributed by atoms with Crippen LogP contribution in [0.25, 0.3) is 0 Å². The monoisotopic (exact) mass is 271 g/mol. The lowest BCUT2D eigenvalue weighted by atomic mass is 9.80. The summed E-state index contributed by atoms with van der Waals surface area (Å²) in [5.41, 5.74) is -0.0259. The van der Waals surface area contributed by atoms with E-state index >= 15 is 0 Å². The van der Waals surface area contributed by atoms with Gasteiger partial charge in [0, 0.05) is 23.9 Å². The molecule has 2 nitrogen and oxygen atoms in total. The number of halogens is 1. The Morgan fingerprint density at radius 2 is 2.00 bits per heavy atom. The molecule has 0 bridgehead atoms. The summed E-state index contributed by atoms with van der Waals surface area (Å²) in [5, 5.41) is 0. The third-order valence-corrected chi connectivity index (χ3v) is 5.24. The van der Waals surface area contributed by atoms with Crippen LogP contribution in [-0.2, 0) is 4.79 Å². The van der Waals surface area contributed by atoms with Gasteiger partial charge in [-0.2, -0.15) is 0 Å². The zero-order chi connectivity index (χ0) is 13.0. The fourth-order valence-corrected chi connectivity index (χ4v) is 4.02. The van der Waals surface area contributed by atoms with Crippen molar-refractivity contribution in [2.75, 3.05) is 12.4 Å². The van der Waals surface area contributed by atoms with Gasteiger partial charge in [-0.3, -0.25) is 4.79 Å². The van der Waals surface area contributed by atoms with Crippen LogP contribution < -0.4 is 0 Å². The molecule has 1 saturated heterocycles. The number of nitrogens with zero attached hydrogens (tertiary/aromatic N) is 1. The SMILES string of the molecule is CCC1(C(=O)N2CCCCC2CCCl)CCCC1. The topological polar surface area (TPSA) is 20.3 Å². The van der Waals surface area contributed by atoms with E-state index in [1.54, 1.807) is 0 Å². The molecule has 0 N–H and O–H groups in total. The molecular weight excluding hydrogens is 246 g/mol. The Labute approximate surface area is 116 Å². The standard InChI is InChI=1S/C15H26ClNO/c1-2-15(9-4-5-10-15)14(18)17-12-6-3-7-13(17)8-11-16/h13H,2-12H2,1H3. The molecule has 0 spiro atoms. The van der Waals surface area contributed by atoms with Gasteiger partial charge in [0.15, 0.2) is 0 Å². The van der Waals surface area contributed by atoms with E-state index in [1.807, 2.05) is 0 Å². The highest BCUT2D eigenvalue weighted by Gasteiger charge is 2.43. The van der Waals surface area contributed by atoms with E-state index in [-0.39, 0.29) is 5.41 Å². The molecule has 3 heteroatoms. The predicted molar refractivity (Wildman–Crippen MR) is 75.9 cm³/mol. The first-order valence-corrected chi connectivity index (χ1v) is 8.14. The molecule has 1 atom stereocenters. The molecule has 2 aliphatic rings. The van der Waals surface area contributed by atoms with Gasteiger partial charge in [-0.15, -0.1) is 11.6 Å². The highest BCUT2D eigenvalue weighted by molar-refractivity contribution is 6.17. The first kappa shape index (κ1) is 14.2. The molecule has 1 saturated carbocycles. The number of amides is 1. The first-order valence-electron chi connectivity index (χ1n) is 7.60. The minimum Gasteiger partial charge on any atom is -0.339 e. The third kappa shape index (κ3) is 2.68. The number of rotatable bonds is 4. The Kier molecular flexibility index (Phi) is 4.94. The second-order valence-corrected chi connectivity index (χ2v) is 6.34. The highest BCUT2D eigenvalue weighted by Crippen LogP contribution is 2.43. The number of hydrogen-bond donors (Lipinski definition) is 0. The van der Waals surface area contributed by atoms with Crippen LogP contribution in [-0.4, -0.2) is 29.3 Å². The smallest absolute Gasteiger partial charge is 0.229 e. The van der Waals surface area contributed by atoms with Crippen LogP contribution >= 0.6 is 11.6 Å². The van der Waals surface area contributed by atoms with E-state index in [9.17, 15) is 4.79 Å². The summed E-state index contributed by atoms with van der Waals surface area (Å²) in [6, 6.07) is 0.410. The maximum atomic E-state index is 12.9. The molecule has 1 heterocycles. The normalized spacial score (nSPS) is 27.4. The molecule has 0 aromatic carbocycles. The van der Waals surface area contributed by atoms with Gasteiger partial charge in [-0.25, -0.2) is 0 Å². The van der Waals surface area contributed by atoms with Crippen LogP contribution in [0, 0.1) is 5.41 Å². The average molecular weight is 272 g/mol. The minimum atomic E-state index is -0.0259. The Morgan fingerprint density at radius 3 is 2.61 bits per heavy atom. The molecule has 18 heavy (non-hydrogen) atoms. The van der Waals surface area contributed by atoms with Gasteiger partial charge >= 0.3 is 0 Å². The number of carbonyl (C=O) groups excluding carboxylic acids is 1. The molecule has 1 unspecified atom stereocenters. The second kappa shape index (κ2) is 6.27. The van der Waals surface area contributed by atoms with Gasteiger partial charge in [0.1, 0.15) is 0 Å². The molecule has 2 rings (SSSR count). The summed E-state index contributed by atoms with van der Waals surface area (Å²) < 4.78 is 0. The average Bonchev–Trinajstić information content (AvgIpc) is 2.89. The number of carbonyl (C=O) groups is 1. The Morgan fingerprint density at radius 1 is 1.28 bits per heavy atom. The van der Waals surface area contributed by atoms with E-state index in [1.165, 1.54) is 25.7 Å². The van der Waals surface area contributed by atoms with Gasteiger partial charge in [0.2, 0.25) is 5.91 Å². The maximum Gasteiger partial charge on any atom is 0.229 e. The van der Waals surface area contributed by atoms with E-state index in [4.69, 9.17) is 11.6 Å². The van der Waals surface area contributed by atoms with Crippen molar-refractivity contribution in [1.82, 2.24) is 4.90 Å². The molecule has 104 valence electrons. The van der Waals surface area contributed by atoms with Crippen molar-refractivity contribution in [3.05, 3.63) is 0 Å². The summed E-state index contributed by atoms with van der Waals surface area (Å²) in [7, 11) is 0. The van der Waals surface area contributed by atoms with Crippen molar-refractivity contribution in [3.63, 3.8) is 0 Å². The Bertz CT molecular complexity index is 284. The Balaban J connectivity index is 2.09. The number of hydrogen-bond acceptors (Lipinski definition) is 1. The summed E-state index contributed by atoms with van der Waals surface area (Å²) in [6.45, 7) is 3.14. The summed E-state index contributed by atoms with van der Waals surface area (Å²) in [6.07, 6.45) is 10.2. The molecule has 2 fully saturated rings. The van der Waals surface area contributed by atoms with Crippen molar-refractivity contribution in [3.8, 4) is 0 Å². The molecule has 0 aromatic rings.